The van der Waals surface area contributed by atoms with Crippen LogP contribution < -0.4 is 10.9 Å². The molecule has 0 fully saturated rings. The summed E-state index contributed by atoms with van der Waals surface area (Å²) in [6, 6.07) is 26.7. The van der Waals surface area contributed by atoms with E-state index < -0.39 is 14.2 Å². The molecule has 1 aliphatic rings. The molecule has 7 heteroatoms. The quantitative estimate of drug-likeness (QED) is 0.311. The lowest BCUT2D eigenvalue weighted by Crippen LogP contribution is -2.32. The highest BCUT2D eigenvalue weighted by molar-refractivity contribution is 6.63. The molecule has 0 bridgehead atoms. The van der Waals surface area contributed by atoms with E-state index in [1.165, 1.54) is 5.56 Å². The van der Waals surface area contributed by atoms with Crippen LogP contribution in [0.15, 0.2) is 89.3 Å². The maximum absolute atomic E-state index is 9.54. The summed E-state index contributed by atoms with van der Waals surface area (Å²) in [6.45, 7) is 4.34. The molecule has 6 rings (SSSR count). The van der Waals surface area contributed by atoms with Crippen LogP contribution in [-0.4, -0.2) is 34.3 Å². The van der Waals surface area contributed by atoms with Crippen molar-refractivity contribution >= 4 is 47.1 Å². The van der Waals surface area contributed by atoms with Crippen LogP contribution >= 0.6 is 0 Å². The van der Waals surface area contributed by atoms with E-state index in [0.717, 1.165) is 33.0 Å². The molecule has 34 heavy (non-hydrogen) atoms. The number of hydrogen-bond acceptors (Lipinski definition) is 5. The van der Waals surface area contributed by atoms with Gasteiger partial charge in [0.25, 0.3) is 0 Å². The van der Waals surface area contributed by atoms with Gasteiger partial charge in [-0.15, -0.1) is 0 Å². The zero-order valence-corrected chi connectivity index (χ0v) is 18.9. The van der Waals surface area contributed by atoms with Crippen molar-refractivity contribution in [2.75, 3.05) is 0 Å². The molecule has 0 amide bonds. The predicted octanol–water partition coefficient (Wildman–Crippen LogP) is 2.94. The number of furan rings is 1. The van der Waals surface area contributed by atoms with Crippen molar-refractivity contribution in [1.29, 1.82) is 0 Å². The first-order chi connectivity index (χ1) is 16.3. The van der Waals surface area contributed by atoms with Gasteiger partial charge in [0.2, 0.25) is 0 Å². The minimum absolute atomic E-state index is 0.0865. The zero-order chi connectivity index (χ0) is 24.0. The zero-order valence-electron chi connectivity index (χ0n) is 18.9. The maximum Gasteiger partial charge on any atom is 0.489 e. The maximum atomic E-state index is 9.54. The molecule has 1 heterocycles. The SMILES string of the molecule is CC1(C)c2ccccc2-c2c(B(O)O)cccc21.OB(O)c1cccc2oc3ccccc3c12. The van der Waals surface area contributed by atoms with E-state index in [1.54, 1.807) is 18.2 Å². The molecule has 0 atom stereocenters. The molecule has 0 saturated carbocycles. The van der Waals surface area contributed by atoms with E-state index in [0.29, 0.717) is 16.5 Å². The highest BCUT2D eigenvalue weighted by Crippen LogP contribution is 2.47. The fourth-order valence-electron chi connectivity index (χ4n) is 5.02. The highest BCUT2D eigenvalue weighted by Gasteiger charge is 2.37. The van der Waals surface area contributed by atoms with Crippen molar-refractivity contribution < 1.29 is 24.5 Å². The van der Waals surface area contributed by atoms with E-state index in [2.05, 4.69) is 32.0 Å². The molecule has 4 N–H and O–H groups in total. The minimum Gasteiger partial charge on any atom is -0.456 e. The van der Waals surface area contributed by atoms with Crippen LogP contribution in [0.25, 0.3) is 33.1 Å². The first kappa shape index (κ1) is 22.4. The predicted molar refractivity (Wildman–Crippen MR) is 137 cm³/mol. The van der Waals surface area contributed by atoms with Gasteiger partial charge >= 0.3 is 14.2 Å². The summed E-state index contributed by atoms with van der Waals surface area (Å²) >= 11 is 0. The van der Waals surface area contributed by atoms with Gasteiger partial charge in [-0.1, -0.05) is 86.6 Å². The van der Waals surface area contributed by atoms with Crippen LogP contribution in [0.3, 0.4) is 0 Å². The highest BCUT2D eigenvalue weighted by atomic mass is 16.4. The van der Waals surface area contributed by atoms with Gasteiger partial charge in [0.05, 0.1) is 0 Å². The van der Waals surface area contributed by atoms with E-state index in [-0.39, 0.29) is 5.41 Å². The molecule has 0 radical (unpaired) electrons. The van der Waals surface area contributed by atoms with Gasteiger partial charge in [-0.2, -0.15) is 0 Å². The number of hydrogen-bond donors (Lipinski definition) is 4. The summed E-state index contributed by atoms with van der Waals surface area (Å²) in [5.41, 5.74) is 6.90. The van der Waals surface area contributed by atoms with Gasteiger partial charge in [-0.3, -0.25) is 0 Å². The summed E-state index contributed by atoms with van der Waals surface area (Å²) in [5.74, 6) is 0. The van der Waals surface area contributed by atoms with Crippen LogP contribution in [0, 0.1) is 0 Å². The second kappa shape index (κ2) is 8.46. The number of fused-ring (bicyclic) bond motifs is 6. The Balaban J connectivity index is 0.000000142. The lowest BCUT2D eigenvalue weighted by molar-refractivity contribution is 0.425. The van der Waals surface area contributed by atoms with Gasteiger partial charge in [-0.25, -0.2) is 0 Å². The molecule has 0 unspecified atom stereocenters. The Morgan fingerprint density at radius 3 is 1.97 bits per heavy atom. The van der Waals surface area contributed by atoms with Crippen LogP contribution in [0.2, 0.25) is 0 Å². The van der Waals surface area contributed by atoms with E-state index in [4.69, 9.17) is 4.42 Å². The van der Waals surface area contributed by atoms with Crippen molar-refractivity contribution in [2.45, 2.75) is 19.3 Å². The van der Waals surface area contributed by atoms with Crippen molar-refractivity contribution in [1.82, 2.24) is 0 Å². The third-order valence-electron chi connectivity index (χ3n) is 6.63. The summed E-state index contributed by atoms with van der Waals surface area (Å²) in [4.78, 5) is 0. The first-order valence-corrected chi connectivity index (χ1v) is 11.2. The van der Waals surface area contributed by atoms with E-state index >= 15 is 0 Å². The van der Waals surface area contributed by atoms with Crippen molar-refractivity contribution in [3.8, 4) is 11.1 Å². The largest absolute Gasteiger partial charge is 0.489 e. The Hall–Kier alpha value is -3.35. The molecule has 1 aromatic heterocycles. The third kappa shape index (κ3) is 3.54. The molecule has 0 spiro atoms. The molecule has 0 aliphatic heterocycles. The lowest BCUT2D eigenvalue weighted by Gasteiger charge is -2.21. The molecular formula is C27H24B2O5. The monoisotopic (exact) mass is 450 g/mol. The van der Waals surface area contributed by atoms with Gasteiger partial charge in [-0.05, 0) is 45.3 Å². The van der Waals surface area contributed by atoms with Gasteiger partial charge in [0.15, 0.2) is 0 Å². The second-order valence-electron chi connectivity index (χ2n) is 9.01. The van der Waals surface area contributed by atoms with E-state index in [1.807, 2.05) is 48.5 Å². The van der Waals surface area contributed by atoms with Crippen LogP contribution in [0.4, 0.5) is 0 Å². The van der Waals surface area contributed by atoms with Crippen LogP contribution in [0.5, 0.6) is 0 Å². The van der Waals surface area contributed by atoms with E-state index in [9.17, 15) is 20.1 Å². The molecule has 168 valence electrons. The summed E-state index contributed by atoms with van der Waals surface area (Å²) < 4.78 is 5.62. The number of benzene rings is 4. The lowest BCUT2D eigenvalue weighted by atomic mass is 9.74. The van der Waals surface area contributed by atoms with Gasteiger partial charge in [0, 0.05) is 16.2 Å². The van der Waals surface area contributed by atoms with Gasteiger partial charge < -0.3 is 24.5 Å². The Morgan fingerprint density at radius 2 is 1.21 bits per heavy atom. The Bertz CT molecular complexity index is 1500. The third-order valence-corrected chi connectivity index (χ3v) is 6.63. The number of para-hydroxylation sites is 1. The van der Waals surface area contributed by atoms with Crippen molar-refractivity contribution in [3.63, 3.8) is 0 Å². The topological polar surface area (TPSA) is 94.1 Å². The van der Waals surface area contributed by atoms with Crippen LogP contribution in [0.1, 0.15) is 25.0 Å². The van der Waals surface area contributed by atoms with Gasteiger partial charge in [0.1, 0.15) is 11.2 Å². The average Bonchev–Trinajstić information content (AvgIpc) is 3.32. The minimum atomic E-state index is -1.48. The standard InChI is InChI=1S/C15H15BO2.C12H9BO3/c1-15(2)11-7-4-3-6-10(11)14-12(15)8-5-9-13(14)16(17)18;14-13(15)9-5-3-7-11-12(9)8-4-1-2-6-10(8)16-11/h3-9,17-18H,1-2H3;1-7,14-15H. The fourth-order valence-corrected chi connectivity index (χ4v) is 5.02. The smallest absolute Gasteiger partial charge is 0.456 e. The average molecular weight is 450 g/mol. The Morgan fingerprint density at radius 1 is 0.618 bits per heavy atom. The van der Waals surface area contributed by atoms with Crippen LogP contribution in [-0.2, 0) is 5.41 Å². The normalized spacial score (nSPS) is 13.2. The Labute approximate surface area is 198 Å². The molecular weight excluding hydrogens is 426 g/mol. The Kier molecular flexibility index (Phi) is 5.58. The number of rotatable bonds is 2. The molecule has 0 saturated heterocycles. The first-order valence-electron chi connectivity index (χ1n) is 11.2. The molecule has 5 aromatic rings. The van der Waals surface area contributed by atoms with Crippen molar-refractivity contribution in [3.05, 3.63) is 96.1 Å². The molecule has 5 nitrogen and oxygen atoms in total. The van der Waals surface area contributed by atoms with Crippen molar-refractivity contribution in [2.24, 2.45) is 0 Å². The summed E-state index contributed by atoms with van der Waals surface area (Å²) in [6.07, 6.45) is 0. The fraction of sp³-hybridized carbons (Fsp3) is 0.111. The molecule has 4 aromatic carbocycles. The second-order valence-corrected chi connectivity index (χ2v) is 9.01. The summed E-state index contributed by atoms with van der Waals surface area (Å²) in [5, 5.41) is 39.4. The summed E-state index contributed by atoms with van der Waals surface area (Å²) in [7, 11) is -2.91. The molecule has 1 aliphatic carbocycles.